The van der Waals surface area contributed by atoms with E-state index >= 15 is 0 Å². The molecule has 0 aliphatic rings. The molecule has 0 atom stereocenters. The molecule has 90 valence electrons. The molecule has 0 aliphatic heterocycles. The molecule has 0 saturated heterocycles. The molecule has 1 rings (SSSR count). The van der Waals surface area contributed by atoms with E-state index in [1.54, 1.807) is 0 Å². The zero-order valence-corrected chi connectivity index (χ0v) is 11.7. The molecular weight excluding hydrogens is 243 g/mol. The van der Waals surface area contributed by atoms with Crippen molar-refractivity contribution >= 4 is 23.2 Å². The molecule has 2 nitrogen and oxygen atoms in total. The first-order chi connectivity index (χ1) is 7.40. The predicted molar refractivity (Wildman–Crippen MR) is 69.1 cm³/mol. The van der Waals surface area contributed by atoms with Crippen molar-refractivity contribution in [1.29, 1.82) is 0 Å². The van der Waals surface area contributed by atoms with Crippen molar-refractivity contribution in [3.8, 4) is 0 Å². The van der Waals surface area contributed by atoms with Crippen LogP contribution < -0.4 is 0 Å². The molecule has 1 heterocycles. The highest BCUT2D eigenvalue weighted by molar-refractivity contribution is 6.32. The minimum Gasteiger partial charge on any atom is -0.236 e. The van der Waals surface area contributed by atoms with Gasteiger partial charge in [0, 0.05) is 0 Å². The summed E-state index contributed by atoms with van der Waals surface area (Å²) in [7, 11) is 0. The third kappa shape index (κ3) is 3.91. The lowest BCUT2D eigenvalue weighted by molar-refractivity contribution is 0.617. The van der Waals surface area contributed by atoms with Gasteiger partial charge in [0.05, 0.1) is 11.4 Å². The van der Waals surface area contributed by atoms with Crippen LogP contribution in [0.5, 0.6) is 0 Å². The summed E-state index contributed by atoms with van der Waals surface area (Å²) in [4.78, 5) is 8.67. The Labute approximate surface area is 107 Å². The van der Waals surface area contributed by atoms with Crippen LogP contribution >= 0.6 is 23.2 Å². The zero-order chi connectivity index (χ0) is 12.3. The second-order valence-corrected chi connectivity index (χ2v) is 5.61. The summed E-state index contributed by atoms with van der Waals surface area (Å²) >= 11 is 12.2. The fourth-order valence-corrected chi connectivity index (χ4v) is 1.93. The topological polar surface area (TPSA) is 25.8 Å². The number of rotatable bonds is 4. The first kappa shape index (κ1) is 13.7. The van der Waals surface area contributed by atoms with Crippen molar-refractivity contribution in [3.63, 3.8) is 0 Å². The molecule has 0 radical (unpaired) electrons. The molecule has 0 saturated carbocycles. The number of hydrogen-bond acceptors (Lipinski definition) is 2. The smallest absolute Gasteiger partial charge is 0.150 e. The summed E-state index contributed by atoms with van der Waals surface area (Å²) in [6, 6.07) is 0. The Morgan fingerprint density at radius 2 is 1.12 bits per heavy atom. The minimum absolute atomic E-state index is 0.494. The molecule has 0 spiro atoms. The van der Waals surface area contributed by atoms with E-state index in [1.165, 1.54) is 0 Å². The third-order valence-corrected chi connectivity index (χ3v) is 2.75. The molecule has 4 heteroatoms. The van der Waals surface area contributed by atoms with E-state index < -0.39 is 0 Å². The van der Waals surface area contributed by atoms with E-state index in [-0.39, 0.29) is 0 Å². The second kappa shape index (κ2) is 5.83. The van der Waals surface area contributed by atoms with E-state index in [1.807, 2.05) is 0 Å². The van der Waals surface area contributed by atoms with Gasteiger partial charge < -0.3 is 0 Å². The predicted octanol–water partition coefficient (Wildman–Crippen LogP) is 4.18. The molecule has 0 amide bonds. The molecule has 0 aromatic carbocycles. The number of halogens is 2. The van der Waals surface area contributed by atoms with Crippen LogP contribution in [-0.2, 0) is 12.8 Å². The van der Waals surface area contributed by atoms with Gasteiger partial charge in [0.25, 0.3) is 0 Å². The second-order valence-electron chi connectivity index (χ2n) is 4.89. The quantitative estimate of drug-likeness (QED) is 0.812. The Morgan fingerprint density at radius 3 is 1.38 bits per heavy atom. The summed E-state index contributed by atoms with van der Waals surface area (Å²) in [5.41, 5.74) is 1.60. The Morgan fingerprint density at radius 1 is 0.812 bits per heavy atom. The highest BCUT2D eigenvalue weighted by atomic mass is 35.5. The first-order valence-corrected chi connectivity index (χ1v) is 6.36. The average molecular weight is 261 g/mol. The summed E-state index contributed by atoms with van der Waals surface area (Å²) in [5, 5.41) is 0.988. The standard InChI is InChI=1S/C12H18Cl2N2/c1-7(2)5-9-11(13)16-10(6-8(3)4)12(14)15-9/h7-8H,5-6H2,1-4H3. The van der Waals surface area contributed by atoms with Crippen molar-refractivity contribution in [2.75, 3.05) is 0 Å². The van der Waals surface area contributed by atoms with Crippen LogP contribution in [0.15, 0.2) is 0 Å². The molecule has 1 aromatic heterocycles. The van der Waals surface area contributed by atoms with Crippen LogP contribution in [0.4, 0.5) is 0 Å². The summed E-state index contributed by atoms with van der Waals surface area (Å²) < 4.78 is 0. The van der Waals surface area contributed by atoms with E-state index in [9.17, 15) is 0 Å². The lowest BCUT2D eigenvalue weighted by Crippen LogP contribution is -2.06. The van der Waals surface area contributed by atoms with Crippen LogP contribution in [0.2, 0.25) is 10.3 Å². The minimum atomic E-state index is 0.494. The summed E-state index contributed by atoms with van der Waals surface area (Å²) in [5.74, 6) is 0.998. The highest BCUT2D eigenvalue weighted by Gasteiger charge is 2.13. The van der Waals surface area contributed by atoms with Gasteiger partial charge in [-0.05, 0) is 24.7 Å². The van der Waals surface area contributed by atoms with Crippen molar-refractivity contribution < 1.29 is 0 Å². The van der Waals surface area contributed by atoms with Gasteiger partial charge in [0.15, 0.2) is 10.3 Å². The highest BCUT2D eigenvalue weighted by Crippen LogP contribution is 2.22. The van der Waals surface area contributed by atoms with Crippen molar-refractivity contribution in [2.24, 2.45) is 11.8 Å². The number of nitrogens with zero attached hydrogens (tertiary/aromatic N) is 2. The van der Waals surface area contributed by atoms with Crippen LogP contribution in [-0.4, -0.2) is 9.97 Å². The molecule has 0 fully saturated rings. The Hall–Kier alpha value is -0.340. The van der Waals surface area contributed by atoms with Crippen molar-refractivity contribution in [1.82, 2.24) is 9.97 Å². The van der Waals surface area contributed by atoms with Crippen LogP contribution in [0.25, 0.3) is 0 Å². The van der Waals surface area contributed by atoms with Crippen molar-refractivity contribution in [3.05, 3.63) is 21.7 Å². The lowest BCUT2D eigenvalue weighted by Gasteiger charge is -2.10. The molecule has 0 bridgehead atoms. The van der Waals surface area contributed by atoms with Gasteiger partial charge in [-0.1, -0.05) is 50.9 Å². The lowest BCUT2D eigenvalue weighted by atomic mass is 10.1. The number of aromatic nitrogens is 2. The molecule has 0 aliphatic carbocycles. The maximum Gasteiger partial charge on any atom is 0.150 e. The fraction of sp³-hybridized carbons (Fsp3) is 0.667. The Kier molecular flexibility index (Phi) is 5.00. The van der Waals surface area contributed by atoms with Gasteiger partial charge in [-0.25, -0.2) is 9.97 Å². The van der Waals surface area contributed by atoms with E-state index in [4.69, 9.17) is 23.2 Å². The van der Waals surface area contributed by atoms with Gasteiger partial charge in [-0.15, -0.1) is 0 Å². The van der Waals surface area contributed by atoms with Crippen LogP contribution in [0.3, 0.4) is 0 Å². The van der Waals surface area contributed by atoms with Gasteiger partial charge in [0.1, 0.15) is 0 Å². The fourth-order valence-electron chi connectivity index (χ4n) is 1.49. The molecule has 0 N–H and O–H groups in total. The normalized spacial score (nSPS) is 11.5. The average Bonchev–Trinajstić information content (AvgIpc) is 2.11. The number of hydrogen-bond donors (Lipinski definition) is 0. The largest absolute Gasteiger partial charge is 0.236 e. The molecule has 1 aromatic rings. The van der Waals surface area contributed by atoms with Gasteiger partial charge in [-0.3, -0.25) is 0 Å². The van der Waals surface area contributed by atoms with E-state index in [2.05, 4.69) is 37.7 Å². The van der Waals surface area contributed by atoms with Crippen LogP contribution in [0, 0.1) is 11.8 Å². The zero-order valence-electron chi connectivity index (χ0n) is 10.2. The molecular formula is C12H18Cl2N2. The van der Waals surface area contributed by atoms with Gasteiger partial charge in [-0.2, -0.15) is 0 Å². The maximum absolute atomic E-state index is 6.10. The van der Waals surface area contributed by atoms with E-state index in [0.717, 1.165) is 24.2 Å². The first-order valence-electron chi connectivity index (χ1n) is 5.61. The summed E-state index contributed by atoms with van der Waals surface area (Å²) in [6.45, 7) is 8.48. The monoisotopic (exact) mass is 260 g/mol. The van der Waals surface area contributed by atoms with Crippen LogP contribution in [0.1, 0.15) is 39.1 Å². The van der Waals surface area contributed by atoms with Gasteiger partial charge in [0.2, 0.25) is 0 Å². The maximum atomic E-state index is 6.10. The summed E-state index contributed by atoms with van der Waals surface area (Å²) in [6.07, 6.45) is 1.63. The SMILES string of the molecule is CC(C)Cc1nc(Cl)c(CC(C)C)nc1Cl. The molecule has 0 unspecified atom stereocenters. The van der Waals surface area contributed by atoms with Gasteiger partial charge >= 0.3 is 0 Å². The molecule has 16 heavy (non-hydrogen) atoms. The van der Waals surface area contributed by atoms with E-state index in [0.29, 0.717) is 22.1 Å². The Balaban J connectivity index is 2.97. The third-order valence-electron chi connectivity index (χ3n) is 2.15. The Bertz CT molecular complexity index is 327. The van der Waals surface area contributed by atoms with Crippen molar-refractivity contribution in [2.45, 2.75) is 40.5 Å².